The standard InChI is InChI=1S/C21H15F2NO5/c1-12(25)13-2-4-14(5-3-13)18-8-9-19(29-18)21(27)28-11-20(26)24-17-7-6-15(22)10-16(17)23/h2-10H,11H2,1H3,(H,24,26). The van der Waals surface area contributed by atoms with E-state index in [0.29, 0.717) is 23.0 Å². The van der Waals surface area contributed by atoms with E-state index in [2.05, 4.69) is 5.32 Å². The summed E-state index contributed by atoms with van der Waals surface area (Å²) in [5, 5.41) is 2.17. The predicted molar refractivity (Wildman–Crippen MR) is 99.4 cm³/mol. The molecule has 0 saturated carbocycles. The van der Waals surface area contributed by atoms with E-state index in [9.17, 15) is 23.2 Å². The average Bonchev–Trinajstić information content (AvgIpc) is 3.19. The highest BCUT2D eigenvalue weighted by molar-refractivity contribution is 5.95. The van der Waals surface area contributed by atoms with Crippen LogP contribution in [0.4, 0.5) is 14.5 Å². The molecule has 1 N–H and O–H groups in total. The van der Waals surface area contributed by atoms with Gasteiger partial charge < -0.3 is 14.5 Å². The van der Waals surface area contributed by atoms with Crippen LogP contribution in [0, 0.1) is 11.6 Å². The number of ketones is 1. The van der Waals surface area contributed by atoms with Gasteiger partial charge in [0.1, 0.15) is 17.4 Å². The van der Waals surface area contributed by atoms with Gasteiger partial charge in [-0.3, -0.25) is 9.59 Å². The molecule has 29 heavy (non-hydrogen) atoms. The van der Waals surface area contributed by atoms with Crippen LogP contribution in [0.2, 0.25) is 0 Å². The Bertz CT molecular complexity index is 1070. The minimum atomic E-state index is -0.948. The summed E-state index contributed by atoms with van der Waals surface area (Å²) in [6.45, 7) is 0.773. The topological polar surface area (TPSA) is 85.6 Å². The number of furan rings is 1. The number of esters is 1. The molecule has 0 radical (unpaired) electrons. The highest BCUT2D eigenvalue weighted by Crippen LogP contribution is 2.23. The number of halogens is 2. The Hall–Kier alpha value is -3.81. The SMILES string of the molecule is CC(=O)c1ccc(-c2ccc(C(=O)OCC(=O)Nc3ccc(F)cc3F)o2)cc1. The molecule has 3 rings (SSSR count). The van der Waals surface area contributed by atoms with Crippen molar-refractivity contribution in [2.24, 2.45) is 0 Å². The minimum absolute atomic E-state index is 0.0703. The number of carbonyl (C=O) groups is 3. The molecular weight excluding hydrogens is 384 g/mol. The van der Waals surface area contributed by atoms with E-state index in [-0.39, 0.29) is 17.2 Å². The van der Waals surface area contributed by atoms with Crippen molar-refractivity contribution < 1.29 is 32.3 Å². The first-order chi connectivity index (χ1) is 13.8. The van der Waals surface area contributed by atoms with Gasteiger partial charge in [-0.25, -0.2) is 13.6 Å². The lowest BCUT2D eigenvalue weighted by Gasteiger charge is -2.06. The second kappa shape index (κ2) is 8.47. The maximum atomic E-state index is 13.5. The molecule has 1 heterocycles. The van der Waals surface area contributed by atoms with Crippen LogP contribution in [-0.2, 0) is 9.53 Å². The number of nitrogens with one attached hydrogen (secondary N) is 1. The summed E-state index contributed by atoms with van der Waals surface area (Å²) >= 11 is 0. The Morgan fingerprint density at radius 3 is 2.38 bits per heavy atom. The molecule has 0 bridgehead atoms. The lowest BCUT2D eigenvalue weighted by Crippen LogP contribution is -2.21. The fraction of sp³-hybridized carbons (Fsp3) is 0.0952. The first-order valence-corrected chi connectivity index (χ1v) is 8.47. The van der Waals surface area contributed by atoms with Gasteiger partial charge in [0.15, 0.2) is 12.4 Å². The smallest absolute Gasteiger partial charge is 0.374 e. The molecule has 0 aliphatic rings. The first kappa shape index (κ1) is 19.9. The maximum absolute atomic E-state index is 13.5. The van der Waals surface area contributed by atoms with Crippen LogP contribution in [0.15, 0.2) is 59.0 Å². The van der Waals surface area contributed by atoms with Crippen LogP contribution < -0.4 is 5.32 Å². The second-order valence-electron chi connectivity index (χ2n) is 6.05. The lowest BCUT2D eigenvalue weighted by atomic mass is 10.1. The maximum Gasteiger partial charge on any atom is 0.374 e. The number of hydrogen-bond acceptors (Lipinski definition) is 5. The van der Waals surface area contributed by atoms with Gasteiger partial charge in [-0.05, 0) is 31.2 Å². The van der Waals surface area contributed by atoms with E-state index < -0.39 is 30.1 Å². The third-order valence-corrected chi connectivity index (χ3v) is 3.92. The van der Waals surface area contributed by atoms with Crippen molar-refractivity contribution in [2.75, 3.05) is 11.9 Å². The summed E-state index contributed by atoms with van der Waals surface area (Å²) in [6.07, 6.45) is 0. The van der Waals surface area contributed by atoms with Gasteiger partial charge in [0.25, 0.3) is 5.91 Å². The first-order valence-electron chi connectivity index (χ1n) is 8.47. The molecule has 2 aromatic carbocycles. The zero-order valence-corrected chi connectivity index (χ0v) is 15.2. The lowest BCUT2D eigenvalue weighted by molar-refractivity contribution is -0.119. The Labute approximate surface area is 164 Å². The molecule has 0 aliphatic carbocycles. The number of carbonyl (C=O) groups excluding carboxylic acids is 3. The summed E-state index contributed by atoms with van der Waals surface area (Å²) < 4.78 is 36.6. The summed E-state index contributed by atoms with van der Waals surface area (Å²) in [5.41, 5.74) is 0.962. The Morgan fingerprint density at radius 2 is 1.72 bits per heavy atom. The van der Waals surface area contributed by atoms with E-state index in [0.717, 1.165) is 12.1 Å². The van der Waals surface area contributed by atoms with Gasteiger partial charge in [-0.2, -0.15) is 0 Å². The zero-order chi connectivity index (χ0) is 21.0. The van der Waals surface area contributed by atoms with Crippen LogP contribution in [0.3, 0.4) is 0 Å². The van der Waals surface area contributed by atoms with Crippen LogP contribution in [-0.4, -0.2) is 24.3 Å². The van der Waals surface area contributed by atoms with Crippen LogP contribution in [0.5, 0.6) is 0 Å². The van der Waals surface area contributed by atoms with Gasteiger partial charge in [0.2, 0.25) is 5.76 Å². The number of anilines is 1. The van der Waals surface area contributed by atoms with E-state index in [1.165, 1.54) is 13.0 Å². The molecule has 0 aliphatic heterocycles. The Morgan fingerprint density at radius 1 is 1.00 bits per heavy atom. The highest BCUT2D eigenvalue weighted by atomic mass is 19.1. The van der Waals surface area contributed by atoms with Gasteiger partial charge in [-0.15, -0.1) is 0 Å². The van der Waals surface area contributed by atoms with Crippen molar-refractivity contribution >= 4 is 23.3 Å². The Kier molecular flexibility index (Phi) is 5.82. The molecule has 6 nitrogen and oxygen atoms in total. The second-order valence-corrected chi connectivity index (χ2v) is 6.05. The van der Waals surface area contributed by atoms with Gasteiger partial charge in [0, 0.05) is 17.2 Å². The molecule has 0 unspecified atom stereocenters. The van der Waals surface area contributed by atoms with Gasteiger partial charge in [-0.1, -0.05) is 24.3 Å². The normalized spacial score (nSPS) is 10.4. The van der Waals surface area contributed by atoms with Crippen LogP contribution >= 0.6 is 0 Å². The monoisotopic (exact) mass is 399 g/mol. The van der Waals surface area contributed by atoms with Gasteiger partial charge >= 0.3 is 5.97 Å². The van der Waals surface area contributed by atoms with E-state index in [4.69, 9.17) is 9.15 Å². The molecule has 8 heteroatoms. The molecule has 148 valence electrons. The molecule has 1 amide bonds. The number of rotatable bonds is 6. The summed E-state index contributed by atoms with van der Waals surface area (Å²) in [5.74, 6) is -3.23. The van der Waals surface area contributed by atoms with Crippen molar-refractivity contribution in [3.63, 3.8) is 0 Å². The molecule has 0 fully saturated rings. The minimum Gasteiger partial charge on any atom is -0.450 e. The van der Waals surface area contributed by atoms with E-state index in [1.807, 2.05) is 0 Å². The molecular formula is C21H15F2NO5. The summed E-state index contributed by atoms with van der Waals surface area (Å²) in [7, 11) is 0. The van der Waals surface area contributed by atoms with Crippen molar-refractivity contribution in [1.82, 2.24) is 0 Å². The molecule has 1 aromatic heterocycles. The van der Waals surface area contributed by atoms with E-state index in [1.54, 1.807) is 30.3 Å². The Balaban J connectivity index is 1.58. The third kappa shape index (κ3) is 4.92. The number of ether oxygens (including phenoxy) is 1. The number of hydrogen-bond donors (Lipinski definition) is 1. The highest BCUT2D eigenvalue weighted by Gasteiger charge is 2.16. The van der Waals surface area contributed by atoms with Crippen molar-refractivity contribution in [3.8, 4) is 11.3 Å². The van der Waals surface area contributed by atoms with Crippen molar-refractivity contribution in [1.29, 1.82) is 0 Å². The quantitative estimate of drug-likeness (QED) is 0.495. The molecule has 0 atom stereocenters. The zero-order valence-electron chi connectivity index (χ0n) is 15.2. The number of amides is 1. The average molecular weight is 399 g/mol. The number of benzene rings is 2. The number of Topliss-reactive ketones (excluding diaryl/α,β-unsaturated/α-hetero) is 1. The van der Waals surface area contributed by atoms with Crippen molar-refractivity contribution in [3.05, 3.63) is 77.6 Å². The summed E-state index contributed by atoms with van der Waals surface area (Å²) in [4.78, 5) is 35.1. The van der Waals surface area contributed by atoms with Crippen LogP contribution in [0.25, 0.3) is 11.3 Å². The molecule has 0 saturated heterocycles. The largest absolute Gasteiger partial charge is 0.450 e. The fourth-order valence-electron chi connectivity index (χ4n) is 2.45. The molecule has 3 aromatic rings. The molecule has 0 spiro atoms. The van der Waals surface area contributed by atoms with Gasteiger partial charge in [0.05, 0.1) is 5.69 Å². The summed E-state index contributed by atoms with van der Waals surface area (Å²) in [6, 6.07) is 12.2. The third-order valence-electron chi connectivity index (χ3n) is 3.92. The fourth-order valence-corrected chi connectivity index (χ4v) is 2.45. The van der Waals surface area contributed by atoms with Crippen molar-refractivity contribution in [2.45, 2.75) is 6.92 Å². The van der Waals surface area contributed by atoms with E-state index >= 15 is 0 Å². The predicted octanol–water partition coefficient (Wildman–Crippen LogP) is 4.22. The van der Waals surface area contributed by atoms with Crippen LogP contribution in [0.1, 0.15) is 27.8 Å².